The minimum Gasteiger partial charge on any atom is -0.487 e. The van der Waals surface area contributed by atoms with Crippen molar-refractivity contribution < 1.29 is 4.74 Å². The van der Waals surface area contributed by atoms with Crippen LogP contribution in [0.5, 0.6) is 5.75 Å². The average Bonchev–Trinajstić information content (AvgIpc) is 2.85. The first-order valence-electron chi connectivity index (χ1n) is 5.83. The lowest BCUT2D eigenvalue weighted by atomic mass is 10.3. The van der Waals surface area contributed by atoms with Gasteiger partial charge in [-0.3, -0.25) is 0 Å². The molecular formula is C12H13Cl2N3OS. The number of benzene rings is 1. The highest BCUT2D eigenvalue weighted by molar-refractivity contribution is 7.10. The third-order valence-corrected chi connectivity index (χ3v) is 3.82. The van der Waals surface area contributed by atoms with Crippen molar-refractivity contribution in [1.29, 1.82) is 0 Å². The molecule has 0 aliphatic rings. The first-order chi connectivity index (χ1) is 9.20. The molecule has 1 aromatic heterocycles. The van der Waals surface area contributed by atoms with E-state index in [9.17, 15) is 0 Å². The molecule has 0 spiro atoms. The van der Waals surface area contributed by atoms with E-state index in [0.29, 0.717) is 22.4 Å². The van der Waals surface area contributed by atoms with Gasteiger partial charge in [-0.05, 0) is 18.6 Å². The van der Waals surface area contributed by atoms with Crippen LogP contribution in [0.4, 0.5) is 5.00 Å². The molecule has 102 valence electrons. The van der Waals surface area contributed by atoms with Crippen molar-refractivity contribution in [2.75, 3.05) is 11.9 Å². The third-order valence-electron chi connectivity index (χ3n) is 2.36. The number of rotatable bonds is 6. The van der Waals surface area contributed by atoms with Crippen molar-refractivity contribution in [2.24, 2.45) is 0 Å². The molecule has 0 saturated heterocycles. The fourth-order valence-electron chi connectivity index (χ4n) is 1.39. The van der Waals surface area contributed by atoms with Crippen LogP contribution in [-0.2, 0) is 6.61 Å². The lowest BCUT2D eigenvalue weighted by molar-refractivity contribution is 0.302. The van der Waals surface area contributed by atoms with E-state index >= 15 is 0 Å². The van der Waals surface area contributed by atoms with Gasteiger partial charge in [0.15, 0.2) is 0 Å². The maximum absolute atomic E-state index is 5.92. The first kappa shape index (κ1) is 14.4. The number of halogens is 2. The van der Waals surface area contributed by atoms with E-state index in [1.807, 2.05) is 0 Å². The summed E-state index contributed by atoms with van der Waals surface area (Å²) in [6.45, 7) is 3.34. The first-order valence-corrected chi connectivity index (χ1v) is 7.36. The molecule has 0 fully saturated rings. The van der Waals surface area contributed by atoms with Gasteiger partial charge in [0.25, 0.3) is 0 Å². The zero-order chi connectivity index (χ0) is 13.7. The fourth-order valence-corrected chi connectivity index (χ4v) is 2.28. The summed E-state index contributed by atoms with van der Waals surface area (Å²) in [5.74, 6) is 0.656. The molecule has 0 aliphatic carbocycles. The van der Waals surface area contributed by atoms with Crippen LogP contribution in [0.25, 0.3) is 0 Å². The van der Waals surface area contributed by atoms with E-state index in [-0.39, 0.29) is 0 Å². The van der Waals surface area contributed by atoms with E-state index in [4.69, 9.17) is 27.9 Å². The highest BCUT2D eigenvalue weighted by Crippen LogP contribution is 2.27. The normalized spacial score (nSPS) is 10.5. The molecule has 4 nitrogen and oxygen atoms in total. The standard InChI is InChI=1S/C12H13Cl2N3OS/c1-2-5-15-12-11(16-17-19-12)7-18-8-3-4-9(13)10(14)6-8/h3-4,6,15H,2,5,7H2,1H3. The molecule has 0 aliphatic heterocycles. The molecule has 1 N–H and O–H groups in total. The quantitative estimate of drug-likeness (QED) is 0.865. The summed E-state index contributed by atoms with van der Waals surface area (Å²) in [5, 5.41) is 9.24. The highest BCUT2D eigenvalue weighted by atomic mass is 35.5. The minimum absolute atomic E-state index is 0.348. The number of hydrogen-bond acceptors (Lipinski definition) is 5. The number of nitrogens with one attached hydrogen (secondary N) is 1. The molecule has 0 atom stereocenters. The molecule has 2 aromatic rings. The predicted octanol–water partition coefficient (Wildman–Crippen LogP) is 4.25. The largest absolute Gasteiger partial charge is 0.487 e. The zero-order valence-electron chi connectivity index (χ0n) is 10.3. The Kier molecular flexibility index (Phi) is 5.24. The van der Waals surface area contributed by atoms with Gasteiger partial charge < -0.3 is 10.1 Å². The van der Waals surface area contributed by atoms with E-state index in [1.165, 1.54) is 11.5 Å². The van der Waals surface area contributed by atoms with E-state index < -0.39 is 0 Å². The highest BCUT2D eigenvalue weighted by Gasteiger charge is 2.08. The molecule has 0 unspecified atom stereocenters. The van der Waals surface area contributed by atoms with Crippen molar-refractivity contribution in [3.8, 4) is 5.75 Å². The van der Waals surface area contributed by atoms with Crippen LogP contribution >= 0.6 is 34.7 Å². The molecule has 2 rings (SSSR count). The van der Waals surface area contributed by atoms with Gasteiger partial charge in [-0.25, -0.2) is 0 Å². The van der Waals surface area contributed by atoms with Gasteiger partial charge >= 0.3 is 0 Å². The lowest BCUT2D eigenvalue weighted by Gasteiger charge is -2.07. The number of aromatic nitrogens is 2. The van der Waals surface area contributed by atoms with Crippen molar-refractivity contribution in [3.63, 3.8) is 0 Å². The van der Waals surface area contributed by atoms with Crippen LogP contribution in [0.2, 0.25) is 10.0 Å². The summed E-state index contributed by atoms with van der Waals surface area (Å²) in [7, 11) is 0. The van der Waals surface area contributed by atoms with Crippen molar-refractivity contribution in [2.45, 2.75) is 20.0 Å². The minimum atomic E-state index is 0.348. The molecule has 19 heavy (non-hydrogen) atoms. The summed E-state index contributed by atoms with van der Waals surface area (Å²) in [5.41, 5.74) is 0.796. The number of anilines is 1. The molecule has 0 bridgehead atoms. The van der Waals surface area contributed by atoms with E-state index in [1.54, 1.807) is 18.2 Å². The molecule has 7 heteroatoms. The Labute approximate surface area is 125 Å². The maximum Gasteiger partial charge on any atom is 0.136 e. The topological polar surface area (TPSA) is 47.0 Å². The molecular weight excluding hydrogens is 305 g/mol. The van der Waals surface area contributed by atoms with E-state index in [0.717, 1.165) is 23.7 Å². The summed E-state index contributed by atoms with van der Waals surface area (Å²) < 4.78 is 9.55. The predicted molar refractivity (Wildman–Crippen MR) is 79.5 cm³/mol. The second kappa shape index (κ2) is 6.93. The summed E-state index contributed by atoms with van der Waals surface area (Å²) in [4.78, 5) is 0. The van der Waals surface area contributed by atoms with Crippen LogP contribution in [0.15, 0.2) is 18.2 Å². The summed E-state index contributed by atoms with van der Waals surface area (Å²) in [6.07, 6.45) is 1.05. The van der Waals surface area contributed by atoms with Crippen LogP contribution in [0, 0.1) is 0 Å². The SMILES string of the molecule is CCCNc1snnc1COc1ccc(Cl)c(Cl)c1. The Morgan fingerprint density at radius 2 is 2.16 bits per heavy atom. The van der Waals surface area contributed by atoms with Crippen LogP contribution in [0.3, 0.4) is 0 Å². The van der Waals surface area contributed by atoms with Crippen molar-refractivity contribution >= 4 is 39.7 Å². The van der Waals surface area contributed by atoms with Gasteiger partial charge in [-0.2, -0.15) is 0 Å². The van der Waals surface area contributed by atoms with Crippen LogP contribution in [-0.4, -0.2) is 16.1 Å². The van der Waals surface area contributed by atoms with Gasteiger partial charge in [0.1, 0.15) is 23.1 Å². The Hall–Kier alpha value is -1.04. The van der Waals surface area contributed by atoms with Crippen LogP contribution in [0.1, 0.15) is 19.0 Å². The smallest absolute Gasteiger partial charge is 0.136 e. The monoisotopic (exact) mass is 317 g/mol. The van der Waals surface area contributed by atoms with Gasteiger partial charge in [0.05, 0.1) is 10.0 Å². The van der Waals surface area contributed by atoms with Crippen LogP contribution < -0.4 is 10.1 Å². The average molecular weight is 318 g/mol. The molecule has 1 aromatic carbocycles. The Morgan fingerprint density at radius 3 is 2.89 bits per heavy atom. The Morgan fingerprint density at radius 1 is 1.32 bits per heavy atom. The van der Waals surface area contributed by atoms with Gasteiger partial charge in [0.2, 0.25) is 0 Å². The Balaban J connectivity index is 1.98. The lowest BCUT2D eigenvalue weighted by Crippen LogP contribution is -2.03. The summed E-state index contributed by atoms with van der Waals surface area (Å²) in [6, 6.07) is 5.16. The van der Waals surface area contributed by atoms with E-state index in [2.05, 4.69) is 21.8 Å². The maximum atomic E-state index is 5.92. The second-order valence-electron chi connectivity index (χ2n) is 3.84. The van der Waals surface area contributed by atoms with Gasteiger partial charge in [0, 0.05) is 24.1 Å². The molecule has 0 amide bonds. The number of ether oxygens (including phenoxy) is 1. The van der Waals surface area contributed by atoms with Crippen molar-refractivity contribution in [1.82, 2.24) is 9.59 Å². The number of hydrogen-bond donors (Lipinski definition) is 1. The summed E-state index contributed by atoms with van der Waals surface area (Å²) >= 11 is 13.1. The third kappa shape index (κ3) is 3.96. The van der Waals surface area contributed by atoms with Crippen molar-refractivity contribution in [3.05, 3.63) is 33.9 Å². The second-order valence-corrected chi connectivity index (χ2v) is 5.41. The zero-order valence-corrected chi connectivity index (χ0v) is 12.6. The molecule has 0 saturated carbocycles. The van der Waals surface area contributed by atoms with Gasteiger partial charge in [-0.15, -0.1) is 5.10 Å². The molecule has 0 radical (unpaired) electrons. The Bertz CT molecular complexity index is 548. The fraction of sp³-hybridized carbons (Fsp3) is 0.333. The number of nitrogens with zero attached hydrogens (tertiary/aromatic N) is 2. The van der Waals surface area contributed by atoms with Gasteiger partial charge in [-0.1, -0.05) is 34.6 Å². The molecule has 1 heterocycles.